The third kappa shape index (κ3) is 2.47. The van der Waals surface area contributed by atoms with Crippen LogP contribution in [0.25, 0.3) is 0 Å². The molecule has 90 valence electrons. The van der Waals surface area contributed by atoms with Crippen LogP contribution in [0.4, 0.5) is 0 Å². The van der Waals surface area contributed by atoms with Gasteiger partial charge in [0.15, 0.2) is 0 Å². The second-order valence-electron chi connectivity index (χ2n) is 5.00. The van der Waals surface area contributed by atoms with E-state index in [2.05, 4.69) is 36.3 Å². The van der Waals surface area contributed by atoms with Crippen LogP contribution in [0.2, 0.25) is 0 Å². The summed E-state index contributed by atoms with van der Waals surface area (Å²) in [7, 11) is 0. The monoisotopic (exact) mass is 238 g/mol. The van der Waals surface area contributed by atoms with Gasteiger partial charge in [0.25, 0.3) is 0 Å². The average molecular weight is 238 g/mol. The second kappa shape index (κ2) is 5.30. The maximum absolute atomic E-state index is 5.97. The fourth-order valence-electron chi connectivity index (χ4n) is 2.65. The molecule has 1 aliphatic heterocycles. The lowest BCUT2D eigenvalue weighted by Crippen LogP contribution is -2.45. The van der Waals surface area contributed by atoms with Crippen molar-refractivity contribution < 1.29 is 0 Å². The highest BCUT2D eigenvalue weighted by Gasteiger charge is 2.29. The molecule has 0 aromatic carbocycles. The first kappa shape index (κ1) is 12.1. The van der Waals surface area contributed by atoms with Crippen molar-refractivity contribution in [1.82, 2.24) is 4.90 Å². The van der Waals surface area contributed by atoms with E-state index in [9.17, 15) is 0 Å². The molecule has 3 atom stereocenters. The molecule has 2 nitrogen and oxygen atoms in total. The predicted molar refractivity (Wildman–Crippen MR) is 70.7 cm³/mol. The Morgan fingerprint density at radius 2 is 2.31 bits per heavy atom. The number of thiophene rings is 1. The Labute approximate surface area is 102 Å². The second-order valence-corrected chi connectivity index (χ2v) is 5.97. The third-order valence-electron chi connectivity index (χ3n) is 3.66. The molecule has 1 fully saturated rings. The standard InChI is InChI=1S/C13H22N2S/c1-10-5-6-11(2)15(9-10)12(8-14)13-4-3-7-16-13/h3-4,7,10-12H,5-6,8-9,14H2,1-2H3. The lowest BCUT2D eigenvalue weighted by Gasteiger charge is -2.41. The number of hydrogen-bond donors (Lipinski definition) is 1. The summed E-state index contributed by atoms with van der Waals surface area (Å²) in [6, 6.07) is 5.44. The Morgan fingerprint density at radius 1 is 1.50 bits per heavy atom. The molecule has 0 spiro atoms. The Hall–Kier alpha value is -0.380. The fourth-order valence-corrected chi connectivity index (χ4v) is 3.51. The average Bonchev–Trinajstić information content (AvgIpc) is 2.78. The van der Waals surface area contributed by atoms with Crippen molar-refractivity contribution in [3.63, 3.8) is 0 Å². The van der Waals surface area contributed by atoms with Crippen LogP contribution in [-0.4, -0.2) is 24.0 Å². The zero-order valence-electron chi connectivity index (χ0n) is 10.2. The van der Waals surface area contributed by atoms with Gasteiger partial charge in [-0.3, -0.25) is 4.90 Å². The molecule has 3 heteroatoms. The molecule has 0 bridgehead atoms. The van der Waals surface area contributed by atoms with Crippen LogP contribution in [0, 0.1) is 5.92 Å². The topological polar surface area (TPSA) is 29.3 Å². The van der Waals surface area contributed by atoms with E-state index in [0.717, 1.165) is 12.5 Å². The van der Waals surface area contributed by atoms with E-state index >= 15 is 0 Å². The van der Waals surface area contributed by atoms with E-state index in [-0.39, 0.29) is 0 Å². The lowest BCUT2D eigenvalue weighted by molar-refractivity contribution is 0.0814. The maximum atomic E-state index is 5.97. The molecule has 3 unspecified atom stereocenters. The summed E-state index contributed by atoms with van der Waals surface area (Å²) >= 11 is 1.83. The largest absolute Gasteiger partial charge is 0.329 e. The summed E-state index contributed by atoms with van der Waals surface area (Å²) in [5, 5.41) is 2.15. The quantitative estimate of drug-likeness (QED) is 0.877. The van der Waals surface area contributed by atoms with E-state index in [1.165, 1.54) is 24.3 Å². The van der Waals surface area contributed by atoms with Gasteiger partial charge in [-0.15, -0.1) is 11.3 Å². The van der Waals surface area contributed by atoms with Gasteiger partial charge >= 0.3 is 0 Å². The molecular formula is C13H22N2S. The van der Waals surface area contributed by atoms with E-state index in [1.807, 2.05) is 11.3 Å². The maximum Gasteiger partial charge on any atom is 0.0566 e. The molecule has 0 saturated carbocycles. The SMILES string of the molecule is CC1CCC(C)N(C(CN)c2cccs2)C1. The number of rotatable bonds is 3. The number of hydrogen-bond acceptors (Lipinski definition) is 3. The Balaban J connectivity index is 2.13. The highest BCUT2D eigenvalue weighted by molar-refractivity contribution is 7.10. The van der Waals surface area contributed by atoms with Crippen LogP contribution < -0.4 is 5.73 Å². The molecule has 16 heavy (non-hydrogen) atoms. The van der Waals surface area contributed by atoms with Gasteiger partial charge in [0.1, 0.15) is 0 Å². The van der Waals surface area contributed by atoms with Gasteiger partial charge in [0.05, 0.1) is 6.04 Å². The summed E-state index contributed by atoms with van der Waals surface area (Å²) in [5.41, 5.74) is 5.97. The minimum Gasteiger partial charge on any atom is -0.329 e. The van der Waals surface area contributed by atoms with Crippen molar-refractivity contribution >= 4 is 11.3 Å². The number of piperidine rings is 1. The van der Waals surface area contributed by atoms with Crippen LogP contribution in [0.3, 0.4) is 0 Å². The lowest BCUT2D eigenvalue weighted by atomic mass is 9.93. The van der Waals surface area contributed by atoms with E-state index < -0.39 is 0 Å². The zero-order chi connectivity index (χ0) is 11.5. The van der Waals surface area contributed by atoms with Gasteiger partial charge < -0.3 is 5.73 Å². The highest BCUT2D eigenvalue weighted by Crippen LogP contribution is 2.31. The van der Waals surface area contributed by atoms with Gasteiger partial charge in [0, 0.05) is 24.0 Å². The van der Waals surface area contributed by atoms with Crippen LogP contribution in [0.15, 0.2) is 17.5 Å². The van der Waals surface area contributed by atoms with Crippen molar-refractivity contribution in [2.45, 2.75) is 38.8 Å². The van der Waals surface area contributed by atoms with Gasteiger partial charge in [-0.2, -0.15) is 0 Å². The first-order valence-corrected chi connectivity index (χ1v) is 7.09. The van der Waals surface area contributed by atoms with Crippen LogP contribution in [0.5, 0.6) is 0 Å². The summed E-state index contributed by atoms with van der Waals surface area (Å²) in [6.45, 7) is 6.61. The minimum atomic E-state index is 0.428. The van der Waals surface area contributed by atoms with E-state index in [4.69, 9.17) is 5.73 Å². The van der Waals surface area contributed by atoms with E-state index in [1.54, 1.807) is 0 Å². The van der Waals surface area contributed by atoms with Crippen LogP contribution >= 0.6 is 11.3 Å². The number of nitrogens with zero attached hydrogens (tertiary/aromatic N) is 1. The predicted octanol–water partition coefficient (Wildman–Crippen LogP) is 2.87. The van der Waals surface area contributed by atoms with Crippen molar-refractivity contribution in [3.05, 3.63) is 22.4 Å². The molecule has 1 aliphatic rings. The van der Waals surface area contributed by atoms with Gasteiger partial charge in [-0.25, -0.2) is 0 Å². The Morgan fingerprint density at radius 3 is 2.94 bits per heavy atom. The van der Waals surface area contributed by atoms with Crippen molar-refractivity contribution in [1.29, 1.82) is 0 Å². The van der Waals surface area contributed by atoms with Crippen molar-refractivity contribution in [2.24, 2.45) is 11.7 Å². The Kier molecular flexibility index (Phi) is 4.00. The van der Waals surface area contributed by atoms with Crippen molar-refractivity contribution in [2.75, 3.05) is 13.1 Å². The Bertz CT molecular complexity index is 310. The first-order valence-electron chi connectivity index (χ1n) is 6.21. The molecule has 2 rings (SSSR count). The number of likely N-dealkylation sites (tertiary alicyclic amines) is 1. The molecule has 1 aromatic rings. The first-order chi connectivity index (χ1) is 7.72. The molecule has 0 amide bonds. The third-order valence-corrected chi connectivity index (χ3v) is 4.63. The minimum absolute atomic E-state index is 0.428. The van der Waals surface area contributed by atoms with E-state index in [0.29, 0.717) is 12.1 Å². The summed E-state index contributed by atoms with van der Waals surface area (Å²) in [6.07, 6.45) is 2.67. The molecule has 1 saturated heterocycles. The molecule has 1 aromatic heterocycles. The fraction of sp³-hybridized carbons (Fsp3) is 0.692. The normalized spacial score (nSPS) is 29.2. The van der Waals surface area contributed by atoms with Gasteiger partial charge in [0.2, 0.25) is 0 Å². The van der Waals surface area contributed by atoms with Gasteiger partial charge in [-0.1, -0.05) is 13.0 Å². The van der Waals surface area contributed by atoms with Crippen LogP contribution in [-0.2, 0) is 0 Å². The molecular weight excluding hydrogens is 216 g/mol. The van der Waals surface area contributed by atoms with Crippen molar-refractivity contribution in [3.8, 4) is 0 Å². The number of nitrogens with two attached hydrogens (primary N) is 1. The molecule has 0 aliphatic carbocycles. The summed E-state index contributed by atoms with van der Waals surface area (Å²) in [4.78, 5) is 4.02. The zero-order valence-corrected chi connectivity index (χ0v) is 11.0. The molecule has 2 heterocycles. The van der Waals surface area contributed by atoms with Gasteiger partial charge in [-0.05, 0) is 37.1 Å². The smallest absolute Gasteiger partial charge is 0.0566 e. The molecule has 0 radical (unpaired) electrons. The summed E-state index contributed by atoms with van der Waals surface area (Å²) in [5.74, 6) is 0.810. The molecule has 2 N–H and O–H groups in total. The van der Waals surface area contributed by atoms with Crippen LogP contribution in [0.1, 0.15) is 37.6 Å². The highest BCUT2D eigenvalue weighted by atomic mass is 32.1. The summed E-state index contributed by atoms with van der Waals surface area (Å²) < 4.78 is 0.